The Balaban J connectivity index is 2.40. The van der Waals surface area contributed by atoms with E-state index in [9.17, 15) is 9.59 Å². The van der Waals surface area contributed by atoms with Crippen LogP contribution in [0.5, 0.6) is 0 Å². The summed E-state index contributed by atoms with van der Waals surface area (Å²) in [4.78, 5) is 21.4. The van der Waals surface area contributed by atoms with E-state index in [0.717, 1.165) is 0 Å². The van der Waals surface area contributed by atoms with Gasteiger partial charge in [0.15, 0.2) is 5.78 Å². The Morgan fingerprint density at radius 3 is 2.47 bits per heavy atom. The normalized spacial score (nSPS) is 10.4. The molecule has 0 spiro atoms. The van der Waals surface area contributed by atoms with Crippen LogP contribution >= 0.6 is 0 Å². The molecule has 0 aliphatic rings. The van der Waals surface area contributed by atoms with Gasteiger partial charge in [0.25, 0.3) is 0 Å². The van der Waals surface area contributed by atoms with Crippen LogP contribution in [0.2, 0.25) is 0 Å². The van der Waals surface area contributed by atoms with Gasteiger partial charge in [-0.1, -0.05) is 18.2 Å². The van der Waals surface area contributed by atoms with Crippen molar-refractivity contribution in [2.24, 2.45) is 16.0 Å². The Morgan fingerprint density at radius 1 is 1.20 bits per heavy atom. The maximum atomic E-state index is 11.0. The summed E-state index contributed by atoms with van der Waals surface area (Å²) in [5.74, 6) is -0.975. The molecular formula is C10H11N3O2. The Morgan fingerprint density at radius 2 is 1.87 bits per heavy atom. The van der Waals surface area contributed by atoms with Gasteiger partial charge in [-0.25, -0.2) is 0 Å². The molecule has 2 N–H and O–H groups in total. The van der Waals surface area contributed by atoms with Crippen molar-refractivity contribution in [2.45, 2.75) is 6.42 Å². The molecule has 1 amide bonds. The quantitative estimate of drug-likeness (QED) is 0.578. The predicted octanol–water partition coefficient (Wildman–Crippen LogP) is 1.21. The van der Waals surface area contributed by atoms with E-state index in [2.05, 4.69) is 10.2 Å². The summed E-state index contributed by atoms with van der Waals surface area (Å²) in [6, 6.07) is 9.03. The van der Waals surface area contributed by atoms with Crippen LogP contribution in [0.15, 0.2) is 40.6 Å². The first-order chi connectivity index (χ1) is 7.18. The zero-order chi connectivity index (χ0) is 11.1. The molecule has 0 aliphatic carbocycles. The van der Waals surface area contributed by atoms with Crippen molar-refractivity contribution in [3.05, 3.63) is 30.3 Å². The summed E-state index contributed by atoms with van der Waals surface area (Å²) < 4.78 is 0. The molecule has 0 radical (unpaired) electrons. The molecule has 0 saturated carbocycles. The lowest BCUT2D eigenvalue weighted by Gasteiger charge is -1.92. The van der Waals surface area contributed by atoms with Crippen molar-refractivity contribution >= 4 is 17.4 Å². The van der Waals surface area contributed by atoms with Crippen molar-refractivity contribution < 1.29 is 9.59 Å². The number of nitrogens with two attached hydrogens (primary N) is 1. The summed E-state index contributed by atoms with van der Waals surface area (Å²) in [7, 11) is 0. The fourth-order valence-corrected chi connectivity index (χ4v) is 0.941. The number of hydrogen-bond acceptors (Lipinski definition) is 4. The number of nitrogens with zero attached hydrogens (tertiary/aromatic N) is 2. The SMILES string of the molecule is NC(=O)CC(=O)CN=Nc1ccccc1. The molecule has 0 bridgehead atoms. The molecule has 1 rings (SSSR count). The summed E-state index contributed by atoms with van der Waals surface area (Å²) >= 11 is 0. The van der Waals surface area contributed by atoms with E-state index in [4.69, 9.17) is 5.73 Å². The summed E-state index contributed by atoms with van der Waals surface area (Å²) in [6.45, 7) is -0.113. The monoisotopic (exact) mass is 205 g/mol. The van der Waals surface area contributed by atoms with Gasteiger partial charge in [-0.05, 0) is 12.1 Å². The van der Waals surface area contributed by atoms with Crippen LogP contribution in [0.25, 0.3) is 0 Å². The molecule has 0 heterocycles. The van der Waals surface area contributed by atoms with Gasteiger partial charge in [-0.2, -0.15) is 10.2 Å². The van der Waals surface area contributed by atoms with Gasteiger partial charge in [0.1, 0.15) is 6.54 Å². The number of primary amides is 1. The molecule has 15 heavy (non-hydrogen) atoms. The lowest BCUT2D eigenvalue weighted by atomic mass is 10.3. The molecule has 0 aliphatic heterocycles. The number of benzene rings is 1. The van der Waals surface area contributed by atoms with E-state index < -0.39 is 5.91 Å². The molecule has 0 saturated heterocycles. The Labute approximate surface area is 87.0 Å². The van der Waals surface area contributed by atoms with Gasteiger partial charge in [-0.3, -0.25) is 9.59 Å². The Hall–Kier alpha value is -2.04. The van der Waals surface area contributed by atoms with Crippen molar-refractivity contribution in [3.8, 4) is 0 Å². The molecule has 78 valence electrons. The number of hydrogen-bond donors (Lipinski definition) is 1. The first kappa shape index (κ1) is 11.0. The number of carbonyl (C=O) groups excluding carboxylic acids is 2. The molecule has 1 aromatic carbocycles. The highest BCUT2D eigenvalue weighted by Crippen LogP contribution is 2.09. The second kappa shape index (κ2) is 5.64. The fourth-order valence-electron chi connectivity index (χ4n) is 0.941. The maximum absolute atomic E-state index is 11.0. The van der Waals surface area contributed by atoms with Crippen LogP contribution in [0, 0.1) is 0 Å². The van der Waals surface area contributed by atoms with Crippen LogP contribution in [0.3, 0.4) is 0 Å². The molecule has 1 aromatic rings. The topological polar surface area (TPSA) is 84.9 Å². The number of carbonyl (C=O) groups is 2. The molecule has 0 unspecified atom stereocenters. The zero-order valence-corrected chi connectivity index (χ0v) is 8.09. The number of rotatable bonds is 5. The van der Waals surface area contributed by atoms with E-state index in [1.807, 2.05) is 18.2 Å². The standard InChI is InChI=1S/C10H11N3O2/c11-10(15)6-9(14)7-12-13-8-4-2-1-3-5-8/h1-5H,6-7H2,(H2,11,15). The average Bonchev–Trinajstić information content (AvgIpc) is 2.18. The van der Waals surface area contributed by atoms with Crippen molar-refractivity contribution in [3.63, 3.8) is 0 Å². The molecule has 0 aromatic heterocycles. The second-order valence-corrected chi connectivity index (χ2v) is 2.92. The van der Waals surface area contributed by atoms with Gasteiger partial charge >= 0.3 is 0 Å². The third kappa shape index (κ3) is 4.66. The highest BCUT2D eigenvalue weighted by molar-refractivity contribution is 5.98. The van der Waals surface area contributed by atoms with Crippen LogP contribution in [-0.2, 0) is 9.59 Å². The third-order valence-corrected chi connectivity index (χ3v) is 1.56. The van der Waals surface area contributed by atoms with E-state index in [1.165, 1.54) is 0 Å². The minimum atomic E-state index is -0.644. The summed E-state index contributed by atoms with van der Waals surface area (Å²) in [5, 5.41) is 7.47. The summed E-state index contributed by atoms with van der Waals surface area (Å²) in [5.41, 5.74) is 5.51. The molecule has 5 nitrogen and oxygen atoms in total. The Kier molecular flexibility index (Phi) is 4.15. The lowest BCUT2D eigenvalue weighted by Crippen LogP contribution is -2.17. The van der Waals surface area contributed by atoms with Crippen molar-refractivity contribution in [1.82, 2.24) is 0 Å². The predicted molar refractivity (Wildman–Crippen MR) is 54.6 cm³/mol. The number of Topliss-reactive ketones (excluding diaryl/α,β-unsaturated/α-hetero) is 1. The van der Waals surface area contributed by atoms with Crippen LogP contribution in [0.1, 0.15) is 6.42 Å². The minimum Gasteiger partial charge on any atom is -0.369 e. The van der Waals surface area contributed by atoms with Gasteiger partial charge in [0.05, 0.1) is 12.1 Å². The highest BCUT2D eigenvalue weighted by Gasteiger charge is 2.04. The molecule has 0 atom stereocenters. The van der Waals surface area contributed by atoms with E-state index in [-0.39, 0.29) is 18.7 Å². The van der Waals surface area contributed by atoms with Gasteiger partial charge in [0, 0.05) is 0 Å². The molecule has 5 heteroatoms. The fraction of sp³-hybridized carbons (Fsp3) is 0.200. The smallest absolute Gasteiger partial charge is 0.224 e. The lowest BCUT2D eigenvalue weighted by molar-refractivity contribution is -0.125. The van der Waals surface area contributed by atoms with E-state index in [1.54, 1.807) is 12.1 Å². The van der Waals surface area contributed by atoms with E-state index >= 15 is 0 Å². The largest absolute Gasteiger partial charge is 0.369 e. The average molecular weight is 205 g/mol. The van der Waals surface area contributed by atoms with Crippen molar-refractivity contribution in [2.75, 3.05) is 6.54 Å². The number of azo groups is 1. The van der Waals surface area contributed by atoms with Gasteiger partial charge in [-0.15, -0.1) is 0 Å². The number of ketones is 1. The molecule has 0 fully saturated rings. The van der Waals surface area contributed by atoms with Crippen LogP contribution in [-0.4, -0.2) is 18.2 Å². The zero-order valence-electron chi connectivity index (χ0n) is 8.09. The summed E-state index contributed by atoms with van der Waals surface area (Å²) in [6.07, 6.45) is -0.284. The van der Waals surface area contributed by atoms with Crippen LogP contribution < -0.4 is 5.73 Å². The van der Waals surface area contributed by atoms with E-state index in [0.29, 0.717) is 5.69 Å². The second-order valence-electron chi connectivity index (χ2n) is 2.92. The van der Waals surface area contributed by atoms with Gasteiger partial charge < -0.3 is 5.73 Å². The number of amides is 1. The highest BCUT2D eigenvalue weighted by atomic mass is 16.2. The third-order valence-electron chi connectivity index (χ3n) is 1.56. The molecular weight excluding hydrogens is 194 g/mol. The minimum absolute atomic E-state index is 0.113. The van der Waals surface area contributed by atoms with Crippen molar-refractivity contribution in [1.29, 1.82) is 0 Å². The van der Waals surface area contributed by atoms with Crippen LogP contribution in [0.4, 0.5) is 5.69 Å². The first-order valence-electron chi connectivity index (χ1n) is 4.41. The van der Waals surface area contributed by atoms with Gasteiger partial charge in [0.2, 0.25) is 5.91 Å². The Bertz CT molecular complexity index is 374. The first-order valence-corrected chi connectivity index (χ1v) is 4.41. The maximum Gasteiger partial charge on any atom is 0.224 e.